The van der Waals surface area contributed by atoms with Gasteiger partial charge in [0.25, 0.3) is 0 Å². The van der Waals surface area contributed by atoms with Gasteiger partial charge >= 0.3 is 0 Å². The van der Waals surface area contributed by atoms with Crippen LogP contribution in [0.4, 0.5) is 0 Å². The lowest BCUT2D eigenvalue weighted by atomic mass is 9.84. The minimum Gasteiger partial charge on any atom is -0.314 e. The largest absolute Gasteiger partial charge is 0.314 e. The van der Waals surface area contributed by atoms with Crippen molar-refractivity contribution in [1.29, 1.82) is 0 Å². The normalized spacial score (nSPS) is 25.0. The van der Waals surface area contributed by atoms with Crippen LogP contribution in [0.15, 0.2) is 0 Å². The van der Waals surface area contributed by atoms with Crippen molar-refractivity contribution in [3.05, 3.63) is 0 Å². The Balaban J connectivity index is 2.70. The molecule has 0 aromatic heterocycles. The summed E-state index contributed by atoms with van der Waals surface area (Å²) in [5, 5.41) is 3.68. The molecule has 0 saturated carbocycles. The molecule has 3 heteroatoms. The zero-order valence-corrected chi connectivity index (χ0v) is 15.4. The first-order valence-corrected chi connectivity index (χ1v) is 9.06. The van der Waals surface area contributed by atoms with Crippen molar-refractivity contribution in [1.82, 2.24) is 15.1 Å². The van der Waals surface area contributed by atoms with E-state index in [1.54, 1.807) is 0 Å². The molecule has 0 aliphatic carbocycles. The molecule has 3 nitrogen and oxygen atoms in total. The molecule has 0 amide bonds. The molecule has 126 valence electrons. The second-order valence-electron chi connectivity index (χ2n) is 7.74. The summed E-state index contributed by atoms with van der Waals surface area (Å²) in [4.78, 5) is 5.29. The fraction of sp³-hybridized carbons (Fsp3) is 1.00. The molecule has 21 heavy (non-hydrogen) atoms. The van der Waals surface area contributed by atoms with Gasteiger partial charge in [-0.05, 0) is 44.8 Å². The van der Waals surface area contributed by atoms with Crippen molar-refractivity contribution in [2.45, 2.75) is 72.4 Å². The highest BCUT2D eigenvalue weighted by molar-refractivity contribution is 4.86. The van der Waals surface area contributed by atoms with Gasteiger partial charge in [0.2, 0.25) is 0 Å². The van der Waals surface area contributed by atoms with Gasteiger partial charge in [0.05, 0.1) is 0 Å². The average Bonchev–Trinajstić information content (AvgIpc) is 2.58. The van der Waals surface area contributed by atoms with E-state index in [4.69, 9.17) is 0 Å². The Morgan fingerprint density at radius 2 is 1.95 bits per heavy atom. The van der Waals surface area contributed by atoms with E-state index < -0.39 is 0 Å². The molecule has 0 radical (unpaired) electrons. The van der Waals surface area contributed by atoms with Crippen molar-refractivity contribution in [3.63, 3.8) is 0 Å². The van der Waals surface area contributed by atoms with Crippen LogP contribution >= 0.6 is 0 Å². The molecule has 1 aliphatic rings. The van der Waals surface area contributed by atoms with Crippen LogP contribution in [0.5, 0.6) is 0 Å². The lowest BCUT2D eigenvalue weighted by Gasteiger charge is -2.39. The Kier molecular flexibility index (Phi) is 8.22. The van der Waals surface area contributed by atoms with Crippen LogP contribution in [0.3, 0.4) is 0 Å². The minimum absolute atomic E-state index is 0.398. The minimum atomic E-state index is 0.398. The summed E-state index contributed by atoms with van der Waals surface area (Å²) in [6, 6.07) is 1.31. The molecule has 0 spiro atoms. The first-order chi connectivity index (χ1) is 9.90. The van der Waals surface area contributed by atoms with Crippen LogP contribution in [0.2, 0.25) is 0 Å². The summed E-state index contributed by atoms with van der Waals surface area (Å²) in [5.74, 6) is 0. The van der Waals surface area contributed by atoms with Gasteiger partial charge in [-0.1, -0.05) is 41.0 Å². The van der Waals surface area contributed by atoms with E-state index in [-0.39, 0.29) is 0 Å². The molecule has 1 saturated heterocycles. The van der Waals surface area contributed by atoms with Gasteiger partial charge in [0.15, 0.2) is 0 Å². The number of likely N-dealkylation sites (N-methyl/N-ethyl adjacent to an activating group) is 1. The van der Waals surface area contributed by atoms with Crippen LogP contribution in [-0.2, 0) is 0 Å². The van der Waals surface area contributed by atoms with E-state index in [1.807, 2.05) is 0 Å². The fourth-order valence-electron chi connectivity index (χ4n) is 3.66. The Morgan fingerprint density at radius 3 is 2.52 bits per heavy atom. The van der Waals surface area contributed by atoms with Crippen molar-refractivity contribution in [2.75, 3.05) is 39.8 Å². The standard InChI is InChI=1S/C18H39N3/c1-7-10-18(5,14-19-16(3)4)15-21-12-9-11-20(6)13-17(21)8-2/h16-17,19H,7-15H2,1-6H3. The molecular weight excluding hydrogens is 258 g/mol. The second kappa shape index (κ2) is 9.12. The van der Waals surface area contributed by atoms with Gasteiger partial charge in [0, 0.05) is 31.7 Å². The zero-order valence-electron chi connectivity index (χ0n) is 15.4. The van der Waals surface area contributed by atoms with Crippen LogP contribution < -0.4 is 5.32 Å². The van der Waals surface area contributed by atoms with E-state index in [9.17, 15) is 0 Å². The van der Waals surface area contributed by atoms with Gasteiger partial charge in [-0.15, -0.1) is 0 Å². The molecular formula is C18H39N3. The summed E-state index contributed by atoms with van der Waals surface area (Å²) in [6.45, 7) is 17.8. The topological polar surface area (TPSA) is 18.5 Å². The molecule has 0 aromatic carbocycles. The van der Waals surface area contributed by atoms with Gasteiger partial charge in [-0.25, -0.2) is 0 Å². The van der Waals surface area contributed by atoms with Crippen LogP contribution in [0.25, 0.3) is 0 Å². The molecule has 1 aliphatic heterocycles. The molecule has 1 N–H and O–H groups in total. The summed E-state index contributed by atoms with van der Waals surface area (Å²) >= 11 is 0. The summed E-state index contributed by atoms with van der Waals surface area (Å²) in [7, 11) is 2.28. The van der Waals surface area contributed by atoms with Gasteiger partial charge in [-0.3, -0.25) is 4.90 Å². The third-order valence-electron chi connectivity index (χ3n) is 4.87. The maximum atomic E-state index is 3.68. The lowest BCUT2D eigenvalue weighted by Crippen LogP contribution is -2.48. The first kappa shape index (κ1) is 18.9. The Morgan fingerprint density at radius 1 is 1.24 bits per heavy atom. The quantitative estimate of drug-likeness (QED) is 0.742. The number of nitrogens with zero attached hydrogens (tertiary/aromatic N) is 2. The maximum absolute atomic E-state index is 3.68. The smallest absolute Gasteiger partial charge is 0.0220 e. The Labute approximate surface area is 133 Å². The number of hydrogen-bond donors (Lipinski definition) is 1. The average molecular weight is 298 g/mol. The molecule has 2 unspecified atom stereocenters. The Bertz CT molecular complexity index is 280. The first-order valence-electron chi connectivity index (χ1n) is 9.06. The van der Waals surface area contributed by atoms with E-state index in [1.165, 1.54) is 51.9 Å². The van der Waals surface area contributed by atoms with Crippen molar-refractivity contribution >= 4 is 0 Å². The van der Waals surface area contributed by atoms with Crippen molar-refractivity contribution < 1.29 is 0 Å². The van der Waals surface area contributed by atoms with Crippen molar-refractivity contribution in [2.24, 2.45) is 5.41 Å². The fourth-order valence-corrected chi connectivity index (χ4v) is 3.66. The highest BCUT2D eigenvalue weighted by Gasteiger charge is 2.30. The predicted octanol–water partition coefficient (Wildman–Crippen LogP) is 3.21. The summed E-state index contributed by atoms with van der Waals surface area (Å²) < 4.78 is 0. The van der Waals surface area contributed by atoms with Crippen LogP contribution in [0, 0.1) is 5.41 Å². The monoisotopic (exact) mass is 297 g/mol. The van der Waals surface area contributed by atoms with Crippen molar-refractivity contribution in [3.8, 4) is 0 Å². The number of rotatable bonds is 8. The second-order valence-corrected chi connectivity index (χ2v) is 7.74. The van der Waals surface area contributed by atoms with E-state index in [2.05, 4.69) is 56.8 Å². The molecule has 1 fully saturated rings. The molecule has 0 aromatic rings. The summed E-state index contributed by atoms with van der Waals surface area (Å²) in [6.07, 6.45) is 5.17. The SMILES string of the molecule is CCCC(C)(CNC(C)C)CN1CCCN(C)CC1CC. The van der Waals surface area contributed by atoms with Crippen LogP contribution in [-0.4, -0.2) is 61.7 Å². The van der Waals surface area contributed by atoms with Gasteiger partial charge in [0.1, 0.15) is 0 Å². The number of hydrogen-bond acceptors (Lipinski definition) is 3. The highest BCUT2D eigenvalue weighted by Crippen LogP contribution is 2.26. The lowest BCUT2D eigenvalue weighted by molar-refractivity contribution is 0.105. The highest BCUT2D eigenvalue weighted by atomic mass is 15.2. The predicted molar refractivity (Wildman–Crippen MR) is 93.9 cm³/mol. The van der Waals surface area contributed by atoms with E-state index >= 15 is 0 Å². The van der Waals surface area contributed by atoms with E-state index in [0.717, 1.165) is 12.6 Å². The maximum Gasteiger partial charge on any atom is 0.0220 e. The third kappa shape index (κ3) is 6.66. The Hall–Kier alpha value is -0.120. The van der Waals surface area contributed by atoms with Crippen LogP contribution in [0.1, 0.15) is 60.3 Å². The summed E-state index contributed by atoms with van der Waals surface area (Å²) in [5.41, 5.74) is 0.398. The molecule has 1 heterocycles. The molecule has 0 bridgehead atoms. The number of nitrogens with one attached hydrogen (secondary N) is 1. The van der Waals surface area contributed by atoms with Gasteiger partial charge < -0.3 is 10.2 Å². The zero-order chi connectivity index (χ0) is 15.9. The molecule has 2 atom stereocenters. The third-order valence-corrected chi connectivity index (χ3v) is 4.87. The van der Waals surface area contributed by atoms with Gasteiger partial charge in [-0.2, -0.15) is 0 Å². The van der Waals surface area contributed by atoms with E-state index in [0.29, 0.717) is 11.5 Å². The molecule has 1 rings (SSSR count).